The van der Waals surface area contributed by atoms with Gasteiger partial charge in [-0.2, -0.15) is 0 Å². The maximum absolute atomic E-state index is 12.3. The van der Waals surface area contributed by atoms with Crippen molar-refractivity contribution in [3.63, 3.8) is 0 Å². The normalized spacial score (nSPS) is 17.3. The van der Waals surface area contributed by atoms with Gasteiger partial charge in [-0.15, -0.1) is 35.3 Å². The third-order valence-corrected chi connectivity index (χ3v) is 5.81. The predicted octanol–water partition coefficient (Wildman–Crippen LogP) is 4.07. The SMILES string of the molecule is CCNC(=NCC1CCCN(C(=O)OC(C)(C)C)C1)NCCc1ncc(CC)s1.I. The van der Waals surface area contributed by atoms with E-state index in [1.54, 1.807) is 11.3 Å². The van der Waals surface area contributed by atoms with E-state index >= 15 is 0 Å². The van der Waals surface area contributed by atoms with E-state index in [0.29, 0.717) is 19.0 Å². The first-order valence-electron chi connectivity index (χ1n) is 10.7. The standard InChI is InChI=1S/C21H37N5O2S.HI/c1-6-17-14-24-18(29-17)10-11-23-19(22-7-2)25-13-16-9-8-12-26(15-16)20(27)28-21(3,4)5;/h14,16H,6-13,15H2,1-5H3,(H2,22,23,25);1H. The number of thiazole rings is 1. The maximum atomic E-state index is 12.3. The van der Waals surface area contributed by atoms with Gasteiger partial charge in [-0.05, 0) is 52.9 Å². The number of aromatic nitrogens is 1. The van der Waals surface area contributed by atoms with Crippen molar-refractivity contribution in [2.45, 2.75) is 65.9 Å². The zero-order chi connectivity index (χ0) is 21.3. The number of likely N-dealkylation sites (tertiary alicyclic amines) is 1. The molecule has 1 aliphatic heterocycles. The highest BCUT2D eigenvalue weighted by Gasteiger charge is 2.27. The van der Waals surface area contributed by atoms with E-state index < -0.39 is 5.60 Å². The molecule has 1 aromatic heterocycles. The zero-order valence-corrected chi connectivity index (χ0v) is 22.1. The average Bonchev–Trinajstić information content (AvgIpc) is 3.13. The van der Waals surface area contributed by atoms with Crippen LogP contribution in [0.5, 0.6) is 0 Å². The van der Waals surface area contributed by atoms with Crippen LogP contribution in [0.3, 0.4) is 0 Å². The minimum atomic E-state index is -0.459. The number of hydrogen-bond acceptors (Lipinski definition) is 5. The van der Waals surface area contributed by atoms with Crippen LogP contribution in [0.2, 0.25) is 0 Å². The number of nitrogens with one attached hydrogen (secondary N) is 2. The number of nitrogens with zero attached hydrogens (tertiary/aromatic N) is 3. The van der Waals surface area contributed by atoms with Crippen LogP contribution in [-0.2, 0) is 17.6 Å². The summed E-state index contributed by atoms with van der Waals surface area (Å²) in [6.07, 6.45) is 5.76. The number of amides is 1. The van der Waals surface area contributed by atoms with Gasteiger partial charge in [0.15, 0.2) is 5.96 Å². The summed E-state index contributed by atoms with van der Waals surface area (Å²) in [5.41, 5.74) is -0.459. The summed E-state index contributed by atoms with van der Waals surface area (Å²) in [5, 5.41) is 7.87. The van der Waals surface area contributed by atoms with E-state index in [1.165, 1.54) is 4.88 Å². The molecule has 0 spiro atoms. The second-order valence-corrected chi connectivity index (χ2v) is 9.60. The summed E-state index contributed by atoms with van der Waals surface area (Å²) in [4.78, 5) is 24.7. The van der Waals surface area contributed by atoms with Gasteiger partial charge in [0.2, 0.25) is 0 Å². The molecule has 2 heterocycles. The molecule has 1 amide bonds. The largest absolute Gasteiger partial charge is 0.444 e. The molecule has 9 heteroatoms. The number of halogens is 1. The first-order valence-corrected chi connectivity index (χ1v) is 11.6. The molecule has 1 atom stereocenters. The van der Waals surface area contributed by atoms with E-state index in [1.807, 2.05) is 31.9 Å². The van der Waals surface area contributed by atoms with Gasteiger partial charge < -0.3 is 20.3 Å². The minimum absolute atomic E-state index is 0. The molecule has 0 saturated carbocycles. The Bertz CT molecular complexity index is 675. The molecule has 1 saturated heterocycles. The topological polar surface area (TPSA) is 78.9 Å². The van der Waals surface area contributed by atoms with Gasteiger partial charge >= 0.3 is 6.09 Å². The zero-order valence-electron chi connectivity index (χ0n) is 19.0. The Hall–Kier alpha value is -1.10. The molecule has 1 unspecified atom stereocenters. The van der Waals surface area contributed by atoms with E-state index in [0.717, 1.165) is 56.3 Å². The summed E-state index contributed by atoms with van der Waals surface area (Å²) in [7, 11) is 0. The third-order valence-electron chi connectivity index (χ3n) is 4.60. The van der Waals surface area contributed by atoms with Gasteiger partial charge in [0.25, 0.3) is 0 Å². The van der Waals surface area contributed by atoms with Crippen LogP contribution in [0.1, 0.15) is 57.3 Å². The fraction of sp³-hybridized carbons (Fsp3) is 0.762. The van der Waals surface area contributed by atoms with Crippen LogP contribution >= 0.6 is 35.3 Å². The molecule has 0 aliphatic carbocycles. The number of guanidine groups is 1. The fourth-order valence-corrected chi connectivity index (χ4v) is 4.05. The summed E-state index contributed by atoms with van der Waals surface area (Å²) >= 11 is 1.78. The first kappa shape index (κ1) is 26.9. The predicted molar refractivity (Wildman–Crippen MR) is 135 cm³/mol. The molecule has 0 aromatic carbocycles. The Morgan fingerprint density at radius 3 is 2.77 bits per heavy atom. The molecular weight excluding hydrogens is 513 g/mol. The molecule has 30 heavy (non-hydrogen) atoms. The number of carbonyl (C=O) groups is 1. The number of rotatable bonds is 7. The molecule has 0 radical (unpaired) electrons. The van der Waals surface area contributed by atoms with Crippen LogP contribution in [0.25, 0.3) is 0 Å². The second kappa shape index (κ2) is 13.3. The molecule has 1 aliphatic rings. The number of piperidine rings is 1. The smallest absolute Gasteiger partial charge is 0.410 e. The van der Waals surface area contributed by atoms with Crippen LogP contribution < -0.4 is 10.6 Å². The molecule has 1 fully saturated rings. The van der Waals surface area contributed by atoms with Crippen molar-refractivity contribution >= 4 is 47.4 Å². The quantitative estimate of drug-likeness (QED) is 0.304. The molecule has 2 rings (SSSR count). The number of aliphatic imine (C=N–C) groups is 1. The van der Waals surface area contributed by atoms with Crippen molar-refractivity contribution in [2.24, 2.45) is 10.9 Å². The lowest BCUT2D eigenvalue weighted by Gasteiger charge is -2.33. The van der Waals surface area contributed by atoms with E-state index in [-0.39, 0.29) is 30.1 Å². The lowest BCUT2D eigenvalue weighted by atomic mass is 9.98. The molecule has 1 aromatic rings. The Morgan fingerprint density at radius 1 is 1.37 bits per heavy atom. The lowest BCUT2D eigenvalue weighted by Crippen LogP contribution is -2.44. The number of aryl methyl sites for hydroxylation is 1. The van der Waals surface area contributed by atoms with Gasteiger partial charge in [0.1, 0.15) is 5.60 Å². The van der Waals surface area contributed by atoms with Gasteiger partial charge in [0.05, 0.1) is 5.01 Å². The maximum Gasteiger partial charge on any atom is 0.410 e. The molecule has 172 valence electrons. The van der Waals surface area contributed by atoms with Gasteiger partial charge in [-0.25, -0.2) is 9.78 Å². The summed E-state index contributed by atoms with van der Waals surface area (Å²) in [6, 6.07) is 0. The summed E-state index contributed by atoms with van der Waals surface area (Å²) in [5.74, 6) is 1.19. The molecule has 2 N–H and O–H groups in total. The summed E-state index contributed by atoms with van der Waals surface area (Å²) < 4.78 is 5.52. The number of ether oxygens (including phenoxy) is 1. The highest BCUT2D eigenvalue weighted by atomic mass is 127. The van der Waals surface area contributed by atoms with Crippen LogP contribution in [-0.4, -0.2) is 60.3 Å². The second-order valence-electron chi connectivity index (χ2n) is 8.40. The van der Waals surface area contributed by atoms with Crippen LogP contribution in [0.15, 0.2) is 11.2 Å². The number of carbonyl (C=O) groups excluding carboxylic acids is 1. The Balaban J connectivity index is 0.00000450. The molecular formula is C21H38IN5O2S. The van der Waals surface area contributed by atoms with Gasteiger partial charge in [0, 0.05) is 50.2 Å². The number of hydrogen-bond donors (Lipinski definition) is 2. The van der Waals surface area contributed by atoms with E-state index in [2.05, 4.69) is 29.5 Å². The van der Waals surface area contributed by atoms with Crippen molar-refractivity contribution in [3.05, 3.63) is 16.1 Å². The van der Waals surface area contributed by atoms with Crippen LogP contribution in [0, 0.1) is 5.92 Å². The lowest BCUT2D eigenvalue weighted by molar-refractivity contribution is 0.0170. The van der Waals surface area contributed by atoms with Crippen molar-refractivity contribution in [3.8, 4) is 0 Å². The van der Waals surface area contributed by atoms with E-state index in [4.69, 9.17) is 9.73 Å². The monoisotopic (exact) mass is 551 g/mol. The third kappa shape index (κ3) is 9.80. The highest BCUT2D eigenvalue weighted by molar-refractivity contribution is 14.0. The summed E-state index contributed by atoms with van der Waals surface area (Å²) in [6.45, 7) is 13.7. The van der Waals surface area contributed by atoms with Gasteiger partial charge in [-0.3, -0.25) is 4.99 Å². The molecule has 0 bridgehead atoms. The Labute approximate surface area is 202 Å². The highest BCUT2D eigenvalue weighted by Crippen LogP contribution is 2.19. The Morgan fingerprint density at radius 2 is 2.13 bits per heavy atom. The van der Waals surface area contributed by atoms with Crippen LogP contribution in [0.4, 0.5) is 4.79 Å². The van der Waals surface area contributed by atoms with Crippen molar-refractivity contribution < 1.29 is 9.53 Å². The van der Waals surface area contributed by atoms with Crippen molar-refractivity contribution in [1.29, 1.82) is 0 Å². The molecule has 7 nitrogen and oxygen atoms in total. The average molecular weight is 552 g/mol. The Kier molecular flexibility index (Phi) is 12.0. The van der Waals surface area contributed by atoms with Crippen molar-refractivity contribution in [1.82, 2.24) is 20.5 Å². The van der Waals surface area contributed by atoms with Crippen molar-refractivity contribution in [2.75, 3.05) is 32.7 Å². The van der Waals surface area contributed by atoms with E-state index in [9.17, 15) is 4.79 Å². The minimum Gasteiger partial charge on any atom is -0.444 e. The fourth-order valence-electron chi connectivity index (χ4n) is 3.18. The van der Waals surface area contributed by atoms with Gasteiger partial charge in [-0.1, -0.05) is 6.92 Å². The first-order chi connectivity index (χ1) is 13.8.